The second-order valence-corrected chi connectivity index (χ2v) is 5.23. The SMILES string of the molecule is CNc1ccc([N+](=O)[O-])cc1COc1ccccc1I. The summed E-state index contributed by atoms with van der Waals surface area (Å²) in [5.41, 5.74) is 1.63. The Bertz CT molecular complexity index is 632. The van der Waals surface area contributed by atoms with Crippen molar-refractivity contribution in [3.63, 3.8) is 0 Å². The molecule has 0 saturated heterocycles. The van der Waals surface area contributed by atoms with Crippen LogP contribution in [0.4, 0.5) is 11.4 Å². The van der Waals surface area contributed by atoms with Gasteiger partial charge in [-0.3, -0.25) is 10.1 Å². The van der Waals surface area contributed by atoms with Gasteiger partial charge in [0.15, 0.2) is 0 Å². The first-order valence-corrected chi connectivity index (χ1v) is 7.02. The van der Waals surface area contributed by atoms with Crippen LogP contribution in [0.5, 0.6) is 5.75 Å². The molecule has 20 heavy (non-hydrogen) atoms. The number of anilines is 1. The highest BCUT2D eigenvalue weighted by Crippen LogP contribution is 2.25. The van der Waals surface area contributed by atoms with Crippen LogP contribution in [0.2, 0.25) is 0 Å². The molecule has 0 atom stereocenters. The summed E-state index contributed by atoms with van der Waals surface area (Å²) in [5.74, 6) is 0.765. The Hall–Kier alpha value is -1.83. The molecule has 0 bridgehead atoms. The first-order chi connectivity index (χ1) is 9.61. The molecule has 104 valence electrons. The van der Waals surface area contributed by atoms with Crippen molar-refractivity contribution in [2.24, 2.45) is 0 Å². The Kier molecular flexibility index (Phi) is 4.78. The third-order valence-corrected chi connectivity index (χ3v) is 3.68. The van der Waals surface area contributed by atoms with Crippen LogP contribution in [-0.4, -0.2) is 12.0 Å². The number of nitrogens with one attached hydrogen (secondary N) is 1. The Labute approximate surface area is 130 Å². The number of rotatable bonds is 5. The van der Waals surface area contributed by atoms with Gasteiger partial charge in [0.25, 0.3) is 5.69 Å². The van der Waals surface area contributed by atoms with Crippen LogP contribution in [0, 0.1) is 13.7 Å². The Morgan fingerprint density at radius 1 is 1.30 bits per heavy atom. The summed E-state index contributed by atoms with van der Waals surface area (Å²) in [6, 6.07) is 12.3. The third kappa shape index (κ3) is 3.38. The molecule has 0 amide bonds. The van der Waals surface area contributed by atoms with Crippen molar-refractivity contribution in [1.82, 2.24) is 0 Å². The predicted octanol–water partition coefficient (Wildman–Crippen LogP) is 3.82. The average Bonchev–Trinajstić information content (AvgIpc) is 2.46. The van der Waals surface area contributed by atoms with E-state index in [9.17, 15) is 10.1 Å². The van der Waals surface area contributed by atoms with Crippen molar-refractivity contribution in [3.8, 4) is 5.75 Å². The first kappa shape index (κ1) is 14.6. The zero-order valence-corrected chi connectivity index (χ0v) is 13.0. The number of nitrogens with zero attached hydrogens (tertiary/aromatic N) is 1. The number of nitro groups is 1. The monoisotopic (exact) mass is 384 g/mol. The summed E-state index contributed by atoms with van der Waals surface area (Å²) in [5, 5.41) is 13.8. The van der Waals surface area contributed by atoms with E-state index in [-0.39, 0.29) is 12.3 Å². The molecule has 0 aliphatic carbocycles. The molecule has 1 N–H and O–H groups in total. The molecule has 0 aromatic heterocycles. The van der Waals surface area contributed by atoms with E-state index in [1.807, 2.05) is 24.3 Å². The fraction of sp³-hybridized carbons (Fsp3) is 0.143. The zero-order valence-electron chi connectivity index (χ0n) is 10.8. The van der Waals surface area contributed by atoms with Crippen LogP contribution in [0.15, 0.2) is 42.5 Å². The van der Waals surface area contributed by atoms with Gasteiger partial charge in [0.2, 0.25) is 0 Å². The van der Waals surface area contributed by atoms with Crippen molar-refractivity contribution < 1.29 is 9.66 Å². The summed E-state index contributed by atoms with van der Waals surface area (Å²) >= 11 is 2.19. The van der Waals surface area contributed by atoms with Crippen molar-refractivity contribution in [2.75, 3.05) is 12.4 Å². The number of hydrogen-bond acceptors (Lipinski definition) is 4. The van der Waals surface area contributed by atoms with E-state index in [1.165, 1.54) is 12.1 Å². The van der Waals surface area contributed by atoms with E-state index in [4.69, 9.17) is 4.74 Å². The van der Waals surface area contributed by atoms with E-state index >= 15 is 0 Å². The standard InChI is InChI=1S/C14H13IN2O3/c1-16-13-7-6-11(17(18)19)8-10(13)9-20-14-5-3-2-4-12(14)15/h2-8,16H,9H2,1H3. The van der Waals surface area contributed by atoms with Crippen LogP contribution < -0.4 is 10.1 Å². The minimum Gasteiger partial charge on any atom is -0.488 e. The molecule has 0 aliphatic rings. The lowest BCUT2D eigenvalue weighted by atomic mass is 10.1. The van der Waals surface area contributed by atoms with E-state index in [1.54, 1.807) is 13.1 Å². The maximum absolute atomic E-state index is 10.8. The van der Waals surface area contributed by atoms with Gasteiger partial charge in [-0.05, 0) is 40.8 Å². The summed E-state index contributed by atoms with van der Waals surface area (Å²) in [7, 11) is 1.77. The number of hydrogen-bond donors (Lipinski definition) is 1. The van der Waals surface area contributed by atoms with E-state index in [2.05, 4.69) is 27.9 Å². The second-order valence-electron chi connectivity index (χ2n) is 4.07. The minimum atomic E-state index is -0.408. The number of benzene rings is 2. The van der Waals surface area contributed by atoms with Crippen LogP contribution in [0.1, 0.15) is 5.56 Å². The van der Waals surface area contributed by atoms with Gasteiger partial charge in [-0.2, -0.15) is 0 Å². The molecule has 0 spiro atoms. The number of non-ortho nitro benzene ring substituents is 1. The van der Waals surface area contributed by atoms with Crippen molar-refractivity contribution in [1.29, 1.82) is 0 Å². The van der Waals surface area contributed by atoms with Gasteiger partial charge in [-0.25, -0.2) is 0 Å². The Morgan fingerprint density at radius 2 is 2.05 bits per heavy atom. The van der Waals surface area contributed by atoms with Gasteiger partial charge in [-0.1, -0.05) is 12.1 Å². The summed E-state index contributed by atoms with van der Waals surface area (Å²) in [6.45, 7) is 0.276. The maximum atomic E-state index is 10.8. The maximum Gasteiger partial charge on any atom is 0.269 e. The zero-order chi connectivity index (χ0) is 14.5. The molecular formula is C14H13IN2O3. The highest BCUT2D eigenvalue weighted by molar-refractivity contribution is 14.1. The third-order valence-electron chi connectivity index (χ3n) is 2.79. The highest BCUT2D eigenvalue weighted by Gasteiger charge is 2.11. The lowest BCUT2D eigenvalue weighted by Gasteiger charge is -2.11. The molecule has 6 heteroatoms. The van der Waals surface area contributed by atoms with E-state index in [0.29, 0.717) is 0 Å². The molecule has 5 nitrogen and oxygen atoms in total. The van der Waals surface area contributed by atoms with Gasteiger partial charge in [0.1, 0.15) is 12.4 Å². The van der Waals surface area contributed by atoms with E-state index < -0.39 is 4.92 Å². The average molecular weight is 384 g/mol. The number of nitro benzene ring substituents is 1. The van der Waals surface area contributed by atoms with Crippen LogP contribution >= 0.6 is 22.6 Å². The fourth-order valence-electron chi connectivity index (χ4n) is 1.77. The molecule has 2 aromatic carbocycles. The molecule has 0 unspecified atom stereocenters. The summed E-state index contributed by atoms with van der Waals surface area (Å²) < 4.78 is 6.73. The molecular weight excluding hydrogens is 371 g/mol. The molecule has 0 fully saturated rings. The topological polar surface area (TPSA) is 64.4 Å². The molecule has 0 heterocycles. The van der Waals surface area contributed by atoms with Crippen LogP contribution in [0.25, 0.3) is 0 Å². The molecule has 0 aliphatic heterocycles. The predicted molar refractivity (Wildman–Crippen MR) is 86.1 cm³/mol. The Morgan fingerprint density at radius 3 is 2.70 bits per heavy atom. The van der Waals surface area contributed by atoms with Gasteiger partial charge in [0, 0.05) is 30.4 Å². The lowest BCUT2D eigenvalue weighted by molar-refractivity contribution is -0.384. The van der Waals surface area contributed by atoms with Gasteiger partial charge < -0.3 is 10.1 Å². The Balaban J connectivity index is 2.22. The van der Waals surface area contributed by atoms with E-state index in [0.717, 1.165) is 20.6 Å². The second kappa shape index (κ2) is 6.56. The normalized spacial score (nSPS) is 10.1. The molecule has 0 saturated carbocycles. The van der Waals surface area contributed by atoms with Crippen LogP contribution in [0.3, 0.4) is 0 Å². The quantitative estimate of drug-likeness (QED) is 0.484. The smallest absolute Gasteiger partial charge is 0.269 e. The highest BCUT2D eigenvalue weighted by atomic mass is 127. The molecule has 0 radical (unpaired) electrons. The summed E-state index contributed by atoms with van der Waals surface area (Å²) in [6.07, 6.45) is 0. The van der Waals surface area contributed by atoms with Gasteiger partial charge in [-0.15, -0.1) is 0 Å². The van der Waals surface area contributed by atoms with Crippen molar-refractivity contribution in [2.45, 2.75) is 6.61 Å². The molecule has 2 aromatic rings. The number of para-hydroxylation sites is 1. The summed E-state index contributed by atoms with van der Waals surface area (Å²) in [4.78, 5) is 10.4. The molecule has 2 rings (SSSR count). The van der Waals surface area contributed by atoms with Crippen molar-refractivity contribution in [3.05, 3.63) is 61.7 Å². The van der Waals surface area contributed by atoms with Gasteiger partial charge >= 0.3 is 0 Å². The van der Waals surface area contributed by atoms with Crippen LogP contribution in [-0.2, 0) is 6.61 Å². The number of halogens is 1. The minimum absolute atomic E-state index is 0.0605. The largest absolute Gasteiger partial charge is 0.488 e. The number of ether oxygens (including phenoxy) is 1. The van der Waals surface area contributed by atoms with Crippen molar-refractivity contribution >= 4 is 34.0 Å². The first-order valence-electron chi connectivity index (χ1n) is 5.94. The fourth-order valence-corrected chi connectivity index (χ4v) is 2.32. The lowest BCUT2D eigenvalue weighted by Crippen LogP contribution is -2.02. The van der Waals surface area contributed by atoms with Gasteiger partial charge in [0.05, 0.1) is 8.49 Å².